The van der Waals surface area contributed by atoms with Gasteiger partial charge in [0.05, 0.1) is 11.1 Å². The zero-order chi connectivity index (χ0) is 17.4. The fourth-order valence-corrected chi connectivity index (χ4v) is 2.31. The van der Waals surface area contributed by atoms with Gasteiger partial charge < -0.3 is 10.2 Å². The van der Waals surface area contributed by atoms with Gasteiger partial charge in [-0.05, 0) is 18.1 Å². The number of nitrogens with zero attached hydrogens (tertiary/aromatic N) is 2. The number of amides is 2. The summed E-state index contributed by atoms with van der Waals surface area (Å²) in [5.74, 6) is -0.356. The van der Waals surface area contributed by atoms with Crippen LogP contribution in [0.5, 0.6) is 0 Å². The summed E-state index contributed by atoms with van der Waals surface area (Å²) in [7, 11) is 1.74. The van der Waals surface area contributed by atoms with Crippen molar-refractivity contribution >= 4 is 11.8 Å². The normalized spacial score (nSPS) is 10.2. The summed E-state index contributed by atoms with van der Waals surface area (Å²) in [5.41, 5.74) is 1.87. The number of hydrogen-bond acceptors (Lipinski definition) is 3. The summed E-state index contributed by atoms with van der Waals surface area (Å²) in [5, 5.41) is 2.83. The predicted molar refractivity (Wildman–Crippen MR) is 93.7 cm³/mol. The van der Waals surface area contributed by atoms with E-state index >= 15 is 0 Å². The molecule has 0 spiro atoms. The molecule has 0 saturated heterocycles. The average molecular weight is 325 g/mol. The minimum atomic E-state index is -0.198. The van der Waals surface area contributed by atoms with Gasteiger partial charge in [0.2, 0.25) is 0 Å². The molecular formula is C19H23N3O2. The predicted octanol–water partition coefficient (Wildman–Crippen LogP) is 2.88. The highest BCUT2D eigenvalue weighted by Crippen LogP contribution is 2.09. The maximum Gasteiger partial charge on any atom is 0.255 e. The van der Waals surface area contributed by atoms with Crippen LogP contribution in [0.25, 0.3) is 0 Å². The van der Waals surface area contributed by atoms with Crippen LogP contribution < -0.4 is 5.32 Å². The van der Waals surface area contributed by atoms with E-state index in [0.29, 0.717) is 24.2 Å². The number of aromatic nitrogens is 1. The van der Waals surface area contributed by atoms with Crippen molar-refractivity contribution in [3.8, 4) is 0 Å². The van der Waals surface area contributed by atoms with Crippen LogP contribution in [-0.4, -0.2) is 35.3 Å². The summed E-state index contributed by atoms with van der Waals surface area (Å²) in [6.45, 7) is 3.20. The molecule has 0 aliphatic carbocycles. The maximum atomic E-state index is 12.5. The van der Waals surface area contributed by atoms with E-state index in [1.807, 2.05) is 30.3 Å². The Labute approximate surface area is 142 Å². The smallest absolute Gasteiger partial charge is 0.255 e. The minimum Gasteiger partial charge on any atom is -0.352 e. The van der Waals surface area contributed by atoms with Crippen molar-refractivity contribution in [3.63, 3.8) is 0 Å². The summed E-state index contributed by atoms with van der Waals surface area (Å²) in [6, 6.07) is 11.4. The summed E-state index contributed by atoms with van der Waals surface area (Å²) in [4.78, 5) is 30.3. The molecule has 1 heterocycles. The zero-order valence-electron chi connectivity index (χ0n) is 14.2. The van der Waals surface area contributed by atoms with Crippen LogP contribution >= 0.6 is 0 Å². The van der Waals surface area contributed by atoms with E-state index in [9.17, 15) is 9.59 Å². The van der Waals surface area contributed by atoms with Crippen LogP contribution in [0.15, 0.2) is 48.8 Å². The van der Waals surface area contributed by atoms with Crippen LogP contribution in [0.4, 0.5) is 0 Å². The second-order valence-corrected chi connectivity index (χ2v) is 5.72. The molecule has 0 bridgehead atoms. The van der Waals surface area contributed by atoms with Crippen molar-refractivity contribution in [3.05, 3.63) is 65.5 Å². The second-order valence-electron chi connectivity index (χ2n) is 5.72. The van der Waals surface area contributed by atoms with Gasteiger partial charge in [0.1, 0.15) is 0 Å². The van der Waals surface area contributed by atoms with Crippen LogP contribution in [0.3, 0.4) is 0 Å². The molecule has 0 atom stereocenters. The van der Waals surface area contributed by atoms with Crippen LogP contribution in [0.2, 0.25) is 0 Å². The van der Waals surface area contributed by atoms with Gasteiger partial charge in [0.25, 0.3) is 11.8 Å². The molecule has 5 heteroatoms. The average Bonchev–Trinajstić information content (AvgIpc) is 2.62. The van der Waals surface area contributed by atoms with E-state index in [1.165, 1.54) is 12.4 Å². The molecule has 2 rings (SSSR count). The molecule has 1 N–H and O–H groups in total. The number of rotatable bonds is 7. The first kappa shape index (κ1) is 17.7. The molecule has 24 heavy (non-hydrogen) atoms. The van der Waals surface area contributed by atoms with E-state index in [-0.39, 0.29) is 11.8 Å². The van der Waals surface area contributed by atoms with E-state index in [1.54, 1.807) is 18.0 Å². The van der Waals surface area contributed by atoms with Crippen LogP contribution in [0, 0.1) is 0 Å². The molecule has 0 aliphatic rings. The lowest BCUT2D eigenvalue weighted by Crippen LogP contribution is -2.28. The molecular weight excluding hydrogens is 302 g/mol. The largest absolute Gasteiger partial charge is 0.352 e. The molecule has 126 valence electrons. The Bertz CT molecular complexity index is 686. The fraction of sp³-hybridized carbons (Fsp3) is 0.316. The number of carbonyl (C=O) groups excluding carboxylic acids is 2. The van der Waals surface area contributed by atoms with E-state index in [2.05, 4.69) is 17.2 Å². The summed E-state index contributed by atoms with van der Waals surface area (Å²) in [6.07, 6.45) is 4.92. The van der Waals surface area contributed by atoms with Crippen LogP contribution in [-0.2, 0) is 6.54 Å². The van der Waals surface area contributed by atoms with Crippen molar-refractivity contribution in [1.82, 2.24) is 15.2 Å². The molecule has 0 radical (unpaired) electrons. The molecule has 1 aromatic heterocycles. The highest BCUT2D eigenvalue weighted by atomic mass is 16.2. The van der Waals surface area contributed by atoms with Gasteiger partial charge in [0, 0.05) is 32.5 Å². The van der Waals surface area contributed by atoms with Crippen molar-refractivity contribution in [2.75, 3.05) is 13.6 Å². The third kappa shape index (κ3) is 4.91. The number of nitrogens with one attached hydrogen (secondary N) is 1. The first-order chi connectivity index (χ1) is 11.6. The van der Waals surface area contributed by atoms with Gasteiger partial charge in [0.15, 0.2) is 0 Å². The molecule has 0 unspecified atom stereocenters. The number of hydrogen-bond donors (Lipinski definition) is 1. The molecule has 2 aromatic rings. The lowest BCUT2D eigenvalue weighted by atomic mass is 10.1. The molecule has 1 aromatic carbocycles. The first-order valence-electron chi connectivity index (χ1n) is 8.14. The standard InChI is InChI=1S/C19H23N3O2/c1-3-4-10-21-18(23)16-11-17(13-20-12-16)19(24)22(2)14-15-8-6-5-7-9-15/h5-9,11-13H,3-4,10,14H2,1-2H3,(H,21,23). The van der Waals surface area contributed by atoms with Gasteiger partial charge in [-0.1, -0.05) is 43.7 Å². The second kappa shape index (κ2) is 8.82. The Kier molecular flexibility index (Phi) is 6.49. The van der Waals surface area contributed by atoms with Crippen molar-refractivity contribution in [2.24, 2.45) is 0 Å². The highest BCUT2D eigenvalue weighted by molar-refractivity contribution is 5.99. The quantitative estimate of drug-likeness (QED) is 0.796. The van der Waals surface area contributed by atoms with Gasteiger partial charge >= 0.3 is 0 Å². The highest BCUT2D eigenvalue weighted by Gasteiger charge is 2.15. The molecule has 2 amide bonds. The molecule has 0 saturated carbocycles. The van der Waals surface area contributed by atoms with E-state index in [0.717, 1.165) is 18.4 Å². The third-order valence-corrected chi connectivity index (χ3v) is 3.67. The Morgan fingerprint density at radius 2 is 1.83 bits per heavy atom. The monoisotopic (exact) mass is 325 g/mol. The summed E-state index contributed by atoms with van der Waals surface area (Å²) < 4.78 is 0. The molecule has 5 nitrogen and oxygen atoms in total. The Hall–Kier alpha value is -2.69. The number of unbranched alkanes of at least 4 members (excludes halogenated alkanes) is 1. The number of carbonyl (C=O) groups is 2. The first-order valence-corrected chi connectivity index (χ1v) is 8.14. The lowest BCUT2D eigenvalue weighted by Gasteiger charge is -2.17. The van der Waals surface area contributed by atoms with Crippen molar-refractivity contribution in [1.29, 1.82) is 0 Å². The topological polar surface area (TPSA) is 62.3 Å². The lowest BCUT2D eigenvalue weighted by molar-refractivity contribution is 0.0784. The van der Waals surface area contributed by atoms with Crippen molar-refractivity contribution in [2.45, 2.75) is 26.3 Å². The number of benzene rings is 1. The fourth-order valence-electron chi connectivity index (χ4n) is 2.31. The Morgan fingerprint density at radius 1 is 1.12 bits per heavy atom. The minimum absolute atomic E-state index is 0.158. The van der Waals surface area contributed by atoms with Crippen LogP contribution in [0.1, 0.15) is 46.0 Å². The van der Waals surface area contributed by atoms with E-state index < -0.39 is 0 Å². The SMILES string of the molecule is CCCCNC(=O)c1cncc(C(=O)N(C)Cc2ccccc2)c1. The Balaban J connectivity index is 2.04. The van der Waals surface area contributed by atoms with Gasteiger partial charge in [-0.15, -0.1) is 0 Å². The third-order valence-electron chi connectivity index (χ3n) is 3.67. The van der Waals surface area contributed by atoms with E-state index in [4.69, 9.17) is 0 Å². The number of pyridine rings is 1. The molecule has 0 aliphatic heterocycles. The van der Waals surface area contributed by atoms with Gasteiger partial charge in [-0.2, -0.15) is 0 Å². The van der Waals surface area contributed by atoms with Gasteiger partial charge in [-0.25, -0.2) is 0 Å². The Morgan fingerprint density at radius 3 is 2.54 bits per heavy atom. The molecule has 0 fully saturated rings. The van der Waals surface area contributed by atoms with Crippen molar-refractivity contribution < 1.29 is 9.59 Å². The van der Waals surface area contributed by atoms with Gasteiger partial charge in [-0.3, -0.25) is 14.6 Å². The zero-order valence-corrected chi connectivity index (χ0v) is 14.2. The summed E-state index contributed by atoms with van der Waals surface area (Å²) >= 11 is 0. The maximum absolute atomic E-state index is 12.5.